The molecule has 0 unspecified atom stereocenters. The maximum Gasteiger partial charge on any atom is 0.339 e. The van der Waals surface area contributed by atoms with Crippen LogP contribution in [0.15, 0.2) is 82.6 Å². The van der Waals surface area contributed by atoms with Gasteiger partial charge < -0.3 is 8.92 Å². The fourth-order valence-corrected chi connectivity index (χ4v) is 5.28. The van der Waals surface area contributed by atoms with Crippen molar-refractivity contribution in [1.82, 2.24) is 4.90 Å². The Morgan fingerprint density at radius 3 is 2.43 bits per heavy atom. The number of carbonyl (C=O) groups excluding carboxylic acids is 2. The average molecular weight is 510 g/mol. The highest BCUT2D eigenvalue weighted by Gasteiger charge is 2.35. The largest absolute Gasteiger partial charge is 0.490 e. The van der Waals surface area contributed by atoms with Crippen LogP contribution in [0.1, 0.15) is 23.6 Å². The van der Waals surface area contributed by atoms with Crippen molar-refractivity contribution in [2.75, 3.05) is 6.61 Å². The van der Waals surface area contributed by atoms with Crippen LogP contribution in [0, 0.1) is 6.92 Å². The van der Waals surface area contributed by atoms with Crippen LogP contribution in [-0.4, -0.2) is 31.1 Å². The molecule has 0 atom stereocenters. The molecular formula is C26H23NO6S2. The minimum Gasteiger partial charge on any atom is -0.490 e. The molecule has 1 heterocycles. The van der Waals surface area contributed by atoms with Crippen LogP contribution in [0.3, 0.4) is 0 Å². The zero-order valence-electron chi connectivity index (χ0n) is 19.1. The van der Waals surface area contributed by atoms with E-state index in [4.69, 9.17) is 8.92 Å². The zero-order chi connectivity index (χ0) is 25.0. The molecule has 1 aliphatic heterocycles. The summed E-state index contributed by atoms with van der Waals surface area (Å²) >= 11 is 0.861. The Morgan fingerprint density at radius 1 is 0.943 bits per heavy atom. The van der Waals surface area contributed by atoms with Gasteiger partial charge in [-0.1, -0.05) is 54.1 Å². The van der Waals surface area contributed by atoms with Crippen LogP contribution in [0.25, 0.3) is 6.08 Å². The second-order valence-corrected chi connectivity index (χ2v) is 10.3. The van der Waals surface area contributed by atoms with Crippen molar-refractivity contribution in [3.05, 3.63) is 94.4 Å². The lowest BCUT2D eigenvalue weighted by Gasteiger charge is -2.13. The molecule has 1 fully saturated rings. The van der Waals surface area contributed by atoms with Gasteiger partial charge in [-0.2, -0.15) is 8.42 Å². The summed E-state index contributed by atoms with van der Waals surface area (Å²) < 4.78 is 36.2. The number of hydrogen-bond donors (Lipinski definition) is 0. The summed E-state index contributed by atoms with van der Waals surface area (Å²) in [7, 11) is -4.05. The number of aryl methyl sites for hydroxylation is 1. The number of amides is 2. The van der Waals surface area contributed by atoms with Crippen LogP contribution in [0.4, 0.5) is 4.79 Å². The first kappa shape index (κ1) is 24.6. The van der Waals surface area contributed by atoms with Crippen molar-refractivity contribution in [1.29, 1.82) is 0 Å². The summed E-state index contributed by atoms with van der Waals surface area (Å²) in [6.07, 6.45) is 1.58. The number of hydrogen-bond acceptors (Lipinski definition) is 7. The first-order valence-electron chi connectivity index (χ1n) is 10.8. The van der Waals surface area contributed by atoms with E-state index >= 15 is 0 Å². The molecule has 35 heavy (non-hydrogen) atoms. The van der Waals surface area contributed by atoms with Gasteiger partial charge in [0, 0.05) is 0 Å². The Hall–Kier alpha value is -3.56. The average Bonchev–Trinajstić information content (AvgIpc) is 3.09. The fourth-order valence-electron chi connectivity index (χ4n) is 3.49. The van der Waals surface area contributed by atoms with Crippen LogP contribution in [0.2, 0.25) is 0 Å². The maximum absolute atomic E-state index is 12.9. The second kappa shape index (κ2) is 10.4. The fraction of sp³-hybridized carbons (Fsp3) is 0.154. The van der Waals surface area contributed by atoms with E-state index in [9.17, 15) is 18.0 Å². The van der Waals surface area contributed by atoms with E-state index in [-0.39, 0.29) is 45.6 Å². The Labute approximate surface area is 208 Å². The molecule has 7 nitrogen and oxygen atoms in total. The third-order valence-corrected chi connectivity index (χ3v) is 7.25. The van der Waals surface area contributed by atoms with Crippen molar-refractivity contribution in [2.45, 2.75) is 25.3 Å². The van der Waals surface area contributed by atoms with E-state index in [1.165, 1.54) is 23.1 Å². The van der Waals surface area contributed by atoms with E-state index in [0.29, 0.717) is 5.56 Å². The minimum absolute atomic E-state index is 0.0220. The summed E-state index contributed by atoms with van der Waals surface area (Å²) in [5.74, 6) is -0.147. The molecular weight excluding hydrogens is 486 g/mol. The van der Waals surface area contributed by atoms with E-state index in [2.05, 4.69) is 0 Å². The quantitative estimate of drug-likeness (QED) is 0.297. The van der Waals surface area contributed by atoms with Gasteiger partial charge in [0.05, 0.1) is 18.1 Å². The molecule has 0 spiro atoms. The number of rotatable bonds is 8. The van der Waals surface area contributed by atoms with E-state index in [1.807, 2.05) is 31.2 Å². The molecule has 4 rings (SSSR count). The Morgan fingerprint density at radius 2 is 1.71 bits per heavy atom. The van der Waals surface area contributed by atoms with Gasteiger partial charge in [0.25, 0.3) is 11.1 Å². The smallest absolute Gasteiger partial charge is 0.339 e. The molecule has 2 amide bonds. The summed E-state index contributed by atoms with van der Waals surface area (Å²) in [5.41, 5.74) is 2.48. The molecule has 3 aromatic rings. The zero-order valence-corrected chi connectivity index (χ0v) is 20.8. The van der Waals surface area contributed by atoms with Gasteiger partial charge in [-0.15, -0.1) is 0 Å². The van der Waals surface area contributed by atoms with Gasteiger partial charge in [0.15, 0.2) is 11.5 Å². The highest BCUT2D eigenvalue weighted by molar-refractivity contribution is 8.18. The van der Waals surface area contributed by atoms with Gasteiger partial charge in [0.2, 0.25) is 0 Å². The van der Waals surface area contributed by atoms with Crippen molar-refractivity contribution >= 4 is 39.1 Å². The van der Waals surface area contributed by atoms with Gasteiger partial charge in [-0.05, 0) is 67.1 Å². The van der Waals surface area contributed by atoms with E-state index in [0.717, 1.165) is 22.9 Å². The van der Waals surface area contributed by atoms with Crippen molar-refractivity contribution in [3.8, 4) is 11.5 Å². The van der Waals surface area contributed by atoms with Crippen LogP contribution in [-0.2, 0) is 21.5 Å². The first-order chi connectivity index (χ1) is 16.8. The summed E-state index contributed by atoms with van der Waals surface area (Å²) in [6.45, 7) is 4.18. The molecule has 0 aliphatic carbocycles. The van der Waals surface area contributed by atoms with Crippen LogP contribution < -0.4 is 8.92 Å². The number of nitrogens with zero attached hydrogens (tertiary/aromatic N) is 1. The molecule has 180 valence electrons. The number of carbonyl (C=O) groups is 2. The van der Waals surface area contributed by atoms with Crippen LogP contribution in [0.5, 0.6) is 11.5 Å². The molecule has 0 N–H and O–H groups in total. The SMILES string of the molecule is CCOc1cc(/C=C2\SC(=O)N(Cc3cccc(C)c3)C2=O)ccc1OS(=O)(=O)c1ccccc1. The molecule has 0 aromatic heterocycles. The van der Waals surface area contributed by atoms with Crippen molar-refractivity contribution < 1.29 is 26.9 Å². The monoisotopic (exact) mass is 509 g/mol. The predicted octanol–water partition coefficient (Wildman–Crippen LogP) is 5.40. The minimum atomic E-state index is -4.05. The summed E-state index contributed by atoms with van der Waals surface area (Å²) in [6, 6.07) is 20.1. The van der Waals surface area contributed by atoms with E-state index < -0.39 is 10.1 Å². The van der Waals surface area contributed by atoms with Gasteiger partial charge >= 0.3 is 10.1 Å². The van der Waals surface area contributed by atoms with Gasteiger partial charge in [-0.3, -0.25) is 14.5 Å². The number of benzene rings is 3. The molecule has 0 saturated carbocycles. The first-order valence-corrected chi connectivity index (χ1v) is 13.1. The lowest BCUT2D eigenvalue weighted by atomic mass is 10.1. The third kappa shape index (κ3) is 5.75. The standard InChI is InChI=1S/C26H23NO6S2/c1-3-32-23-15-19(12-13-22(23)33-35(30,31)21-10-5-4-6-11-21)16-24-25(28)27(26(29)34-24)17-20-9-7-8-18(2)14-20/h4-16H,3,17H2,1-2H3/b24-16-. The highest BCUT2D eigenvalue weighted by atomic mass is 32.2. The Balaban J connectivity index is 1.57. The maximum atomic E-state index is 12.9. The molecule has 0 bridgehead atoms. The molecule has 9 heteroatoms. The topological polar surface area (TPSA) is 90.0 Å². The number of ether oxygens (including phenoxy) is 1. The normalized spacial score (nSPS) is 15.0. The lowest BCUT2D eigenvalue weighted by molar-refractivity contribution is -0.123. The molecule has 1 aliphatic rings. The number of thioether (sulfide) groups is 1. The van der Waals surface area contributed by atoms with Gasteiger partial charge in [-0.25, -0.2) is 0 Å². The number of imide groups is 1. The summed E-state index contributed by atoms with van der Waals surface area (Å²) in [5, 5.41) is -0.346. The molecule has 3 aromatic carbocycles. The van der Waals surface area contributed by atoms with E-state index in [1.54, 1.807) is 43.3 Å². The molecule has 0 radical (unpaired) electrons. The van der Waals surface area contributed by atoms with Gasteiger partial charge in [0.1, 0.15) is 4.90 Å². The third-order valence-electron chi connectivity index (χ3n) is 5.09. The lowest BCUT2D eigenvalue weighted by Crippen LogP contribution is -2.27. The second-order valence-electron chi connectivity index (χ2n) is 7.75. The van der Waals surface area contributed by atoms with Crippen molar-refractivity contribution in [2.24, 2.45) is 0 Å². The summed E-state index contributed by atoms with van der Waals surface area (Å²) in [4.78, 5) is 26.9. The van der Waals surface area contributed by atoms with Crippen molar-refractivity contribution in [3.63, 3.8) is 0 Å². The Bertz CT molecular complexity index is 1400. The highest BCUT2D eigenvalue weighted by Crippen LogP contribution is 2.36. The predicted molar refractivity (Wildman–Crippen MR) is 135 cm³/mol. The molecule has 1 saturated heterocycles. The van der Waals surface area contributed by atoms with Crippen LogP contribution >= 0.6 is 11.8 Å². The Kier molecular flexibility index (Phi) is 7.28.